The summed E-state index contributed by atoms with van der Waals surface area (Å²) in [6.07, 6.45) is 3.03. The van der Waals surface area contributed by atoms with Crippen LogP contribution in [0.4, 0.5) is 4.39 Å². The van der Waals surface area contributed by atoms with E-state index in [0.29, 0.717) is 23.9 Å². The van der Waals surface area contributed by atoms with E-state index in [2.05, 4.69) is 15.9 Å². The number of nitrogens with zero attached hydrogens (tertiary/aromatic N) is 1. The summed E-state index contributed by atoms with van der Waals surface area (Å²) in [4.78, 5) is 13.7. The average molecular weight is 344 g/mol. The predicted octanol–water partition coefficient (Wildman–Crippen LogP) is 3.81. The van der Waals surface area contributed by atoms with Gasteiger partial charge >= 0.3 is 5.97 Å². The fraction of sp³-hybridized carbons (Fsp3) is 0.533. The summed E-state index contributed by atoms with van der Waals surface area (Å²) in [6, 6.07) is 4.98. The molecule has 0 radical (unpaired) electrons. The zero-order chi connectivity index (χ0) is 14.8. The lowest BCUT2D eigenvalue weighted by Gasteiger charge is -2.34. The quantitative estimate of drug-likeness (QED) is 0.883. The molecule has 0 bridgehead atoms. The molecule has 1 aliphatic rings. The van der Waals surface area contributed by atoms with Gasteiger partial charge in [0, 0.05) is 6.54 Å². The van der Waals surface area contributed by atoms with E-state index >= 15 is 0 Å². The van der Waals surface area contributed by atoms with E-state index in [9.17, 15) is 14.3 Å². The first-order valence-corrected chi connectivity index (χ1v) is 7.71. The molecule has 1 aromatic carbocycles. The fourth-order valence-electron chi connectivity index (χ4n) is 3.07. The number of carboxylic acids is 1. The van der Waals surface area contributed by atoms with Crippen molar-refractivity contribution in [3.8, 4) is 0 Å². The lowest BCUT2D eigenvalue weighted by Crippen LogP contribution is -2.49. The summed E-state index contributed by atoms with van der Waals surface area (Å²) in [5, 5.41) is 9.62. The molecule has 110 valence electrons. The van der Waals surface area contributed by atoms with Gasteiger partial charge in [-0.15, -0.1) is 0 Å². The largest absolute Gasteiger partial charge is 0.480 e. The molecule has 1 fully saturated rings. The molecule has 1 aliphatic heterocycles. The van der Waals surface area contributed by atoms with Crippen LogP contribution in [0.15, 0.2) is 22.7 Å². The van der Waals surface area contributed by atoms with E-state index in [1.54, 1.807) is 6.07 Å². The van der Waals surface area contributed by atoms with Gasteiger partial charge in [-0.3, -0.25) is 9.69 Å². The average Bonchev–Trinajstić information content (AvgIpc) is 2.79. The maximum absolute atomic E-state index is 13.6. The van der Waals surface area contributed by atoms with Gasteiger partial charge < -0.3 is 5.11 Å². The molecule has 0 spiro atoms. The summed E-state index contributed by atoms with van der Waals surface area (Å²) >= 11 is 3.13. The molecular weight excluding hydrogens is 325 g/mol. The van der Waals surface area contributed by atoms with Gasteiger partial charge in [0.05, 0.1) is 4.47 Å². The van der Waals surface area contributed by atoms with Gasteiger partial charge in [-0.1, -0.05) is 19.4 Å². The molecule has 0 aliphatic carbocycles. The first-order chi connectivity index (χ1) is 9.49. The number of hydrogen-bond donors (Lipinski definition) is 1. The van der Waals surface area contributed by atoms with E-state index in [4.69, 9.17) is 0 Å². The standard InChI is InChI=1S/C15H19BrFNO2/c1-2-6-15(14(19)20)7-3-8-18(15)10-11-4-5-12(16)13(17)9-11/h4-5,9H,2-3,6-8,10H2,1H3,(H,19,20). The fourth-order valence-corrected chi connectivity index (χ4v) is 3.32. The molecule has 0 saturated carbocycles. The highest BCUT2D eigenvalue weighted by Gasteiger charge is 2.46. The Kier molecular flexibility index (Phi) is 4.81. The summed E-state index contributed by atoms with van der Waals surface area (Å²) in [6.45, 7) is 3.24. The number of carbonyl (C=O) groups is 1. The van der Waals surface area contributed by atoms with Crippen LogP contribution in [0.5, 0.6) is 0 Å². The van der Waals surface area contributed by atoms with E-state index in [-0.39, 0.29) is 5.82 Å². The number of halogens is 2. The zero-order valence-electron chi connectivity index (χ0n) is 11.5. The third-order valence-corrected chi connectivity index (χ3v) is 4.69. The monoisotopic (exact) mass is 343 g/mol. The smallest absolute Gasteiger partial charge is 0.324 e. The number of benzene rings is 1. The number of rotatable bonds is 5. The Morgan fingerprint density at radius 2 is 2.30 bits per heavy atom. The third-order valence-electron chi connectivity index (χ3n) is 4.04. The molecule has 1 saturated heterocycles. The van der Waals surface area contributed by atoms with Crippen LogP contribution >= 0.6 is 15.9 Å². The van der Waals surface area contributed by atoms with Crippen molar-refractivity contribution in [3.05, 3.63) is 34.1 Å². The summed E-state index contributed by atoms with van der Waals surface area (Å²) < 4.78 is 14.0. The molecule has 1 heterocycles. The van der Waals surface area contributed by atoms with Crippen molar-refractivity contribution in [1.29, 1.82) is 0 Å². The summed E-state index contributed by atoms with van der Waals surface area (Å²) in [5.41, 5.74) is 0.0347. The van der Waals surface area contributed by atoms with Gasteiger partial charge in [-0.2, -0.15) is 0 Å². The molecule has 2 rings (SSSR count). The van der Waals surface area contributed by atoms with Crippen molar-refractivity contribution in [2.24, 2.45) is 0 Å². The van der Waals surface area contributed by atoms with E-state index < -0.39 is 11.5 Å². The van der Waals surface area contributed by atoms with Crippen molar-refractivity contribution in [3.63, 3.8) is 0 Å². The van der Waals surface area contributed by atoms with Crippen LogP contribution in [0.1, 0.15) is 38.2 Å². The summed E-state index contributed by atoms with van der Waals surface area (Å²) in [5.74, 6) is -1.06. The highest BCUT2D eigenvalue weighted by atomic mass is 79.9. The van der Waals surface area contributed by atoms with Crippen molar-refractivity contribution >= 4 is 21.9 Å². The lowest BCUT2D eigenvalue weighted by atomic mass is 9.90. The van der Waals surface area contributed by atoms with Crippen molar-refractivity contribution in [2.45, 2.75) is 44.7 Å². The van der Waals surface area contributed by atoms with Crippen LogP contribution in [-0.4, -0.2) is 28.1 Å². The molecule has 0 aromatic heterocycles. The highest BCUT2D eigenvalue weighted by molar-refractivity contribution is 9.10. The van der Waals surface area contributed by atoms with Gasteiger partial charge in [0.25, 0.3) is 0 Å². The highest BCUT2D eigenvalue weighted by Crippen LogP contribution is 2.35. The molecule has 1 N–H and O–H groups in total. The van der Waals surface area contributed by atoms with E-state index in [0.717, 1.165) is 24.9 Å². The van der Waals surface area contributed by atoms with Crippen LogP contribution in [-0.2, 0) is 11.3 Å². The maximum atomic E-state index is 13.6. The Morgan fingerprint density at radius 1 is 1.55 bits per heavy atom. The maximum Gasteiger partial charge on any atom is 0.324 e. The summed E-state index contributed by atoms with van der Waals surface area (Å²) in [7, 11) is 0. The van der Waals surface area contributed by atoms with Gasteiger partial charge in [0.1, 0.15) is 11.4 Å². The second-order valence-electron chi connectivity index (χ2n) is 5.36. The third kappa shape index (κ3) is 2.88. The van der Waals surface area contributed by atoms with Crippen LogP contribution in [0.2, 0.25) is 0 Å². The Morgan fingerprint density at radius 3 is 2.90 bits per heavy atom. The van der Waals surface area contributed by atoms with E-state index in [1.165, 1.54) is 6.07 Å². The predicted molar refractivity (Wildman–Crippen MR) is 79.0 cm³/mol. The Hall–Kier alpha value is -0.940. The molecule has 1 atom stereocenters. The van der Waals surface area contributed by atoms with Crippen molar-refractivity contribution < 1.29 is 14.3 Å². The van der Waals surface area contributed by atoms with Gasteiger partial charge in [0.2, 0.25) is 0 Å². The van der Waals surface area contributed by atoms with Gasteiger partial charge in [-0.25, -0.2) is 4.39 Å². The van der Waals surface area contributed by atoms with Crippen LogP contribution in [0.3, 0.4) is 0 Å². The molecule has 1 aromatic rings. The molecule has 5 heteroatoms. The topological polar surface area (TPSA) is 40.5 Å². The normalized spacial score (nSPS) is 23.1. The minimum absolute atomic E-state index is 0.307. The molecular formula is C15H19BrFNO2. The number of carboxylic acid groups (broad SMARTS) is 1. The van der Waals surface area contributed by atoms with Crippen molar-refractivity contribution in [2.75, 3.05) is 6.54 Å². The Labute approximate surface area is 126 Å². The minimum Gasteiger partial charge on any atom is -0.480 e. The SMILES string of the molecule is CCCC1(C(=O)O)CCCN1Cc1ccc(Br)c(F)c1. The lowest BCUT2D eigenvalue weighted by molar-refractivity contribution is -0.150. The van der Waals surface area contributed by atoms with Crippen LogP contribution < -0.4 is 0 Å². The molecule has 20 heavy (non-hydrogen) atoms. The van der Waals surface area contributed by atoms with Gasteiger partial charge in [0.15, 0.2) is 0 Å². The van der Waals surface area contributed by atoms with Crippen molar-refractivity contribution in [1.82, 2.24) is 4.90 Å². The van der Waals surface area contributed by atoms with E-state index in [1.807, 2.05) is 17.9 Å². The number of aliphatic carboxylic acids is 1. The first-order valence-electron chi connectivity index (χ1n) is 6.92. The zero-order valence-corrected chi connectivity index (χ0v) is 13.1. The number of likely N-dealkylation sites (tertiary alicyclic amines) is 1. The van der Waals surface area contributed by atoms with Crippen LogP contribution in [0.25, 0.3) is 0 Å². The van der Waals surface area contributed by atoms with Gasteiger partial charge in [-0.05, 0) is 59.4 Å². The second kappa shape index (κ2) is 6.22. The molecule has 0 amide bonds. The number of hydrogen-bond acceptors (Lipinski definition) is 2. The molecule has 1 unspecified atom stereocenters. The minimum atomic E-state index is -0.779. The Bertz CT molecular complexity index is 509. The molecule has 3 nitrogen and oxygen atoms in total. The van der Waals surface area contributed by atoms with Crippen LogP contribution in [0, 0.1) is 5.82 Å². The first kappa shape index (κ1) is 15.4. The Balaban J connectivity index is 2.22. The second-order valence-corrected chi connectivity index (χ2v) is 6.21.